The number of carbonyl (C=O) groups is 2. The molecule has 7 heteroatoms. The monoisotopic (exact) mass is 554 g/mol. The Morgan fingerprint density at radius 3 is 2.39 bits per heavy atom. The van der Waals surface area contributed by atoms with E-state index in [0.717, 1.165) is 48.3 Å². The molecule has 0 aromatic heterocycles. The molecule has 2 aliphatic rings. The molecule has 0 spiro atoms. The number of hydrogen-bond acceptors (Lipinski definition) is 6. The van der Waals surface area contributed by atoms with E-state index in [-0.39, 0.29) is 17.4 Å². The van der Waals surface area contributed by atoms with Gasteiger partial charge in [-0.2, -0.15) is 0 Å². The molecule has 2 fully saturated rings. The number of anilines is 1. The van der Waals surface area contributed by atoms with Crippen LogP contribution in [0.15, 0.2) is 78.4 Å². The minimum Gasteiger partial charge on any atom is -0.507 e. The molecule has 0 aliphatic carbocycles. The molecule has 3 aromatic rings. The maximum Gasteiger partial charge on any atom is 0.295 e. The highest BCUT2D eigenvalue weighted by atomic mass is 16.5. The van der Waals surface area contributed by atoms with Crippen LogP contribution < -0.4 is 9.64 Å². The second-order valence-corrected chi connectivity index (χ2v) is 10.6. The smallest absolute Gasteiger partial charge is 0.295 e. The van der Waals surface area contributed by atoms with Gasteiger partial charge in [0.2, 0.25) is 0 Å². The first-order chi connectivity index (χ1) is 19.9. The molecule has 3 aromatic carbocycles. The fourth-order valence-electron chi connectivity index (χ4n) is 5.73. The number of rotatable bonds is 10. The lowest BCUT2D eigenvalue weighted by Crippen LogP contribution is -2.36. The number of carbonyl (C=O) groups excluding carboxylic acids is 2. The highest BCUT2D eigenvalue weighted by molar-refractivity contribution is 6.46. The van der Waals surface area contributed by atoms with E-state index in [1.165, 1.54) is 0 Å². The Hall–Kier alpha value is -4.10. The first-order valence-corrected chi connectivity index (χ1v) is 14.4. The number of ketones is 1. The molecule has 1 amide bonds. The lowest BCUT2D eigenvalue weighted by molar-refractivity contribution is -0.140. The van der Waals surface area contributed by atoms with Crippen molar-refractivity contribution >= 4 is 23.1 Å². The summed E-state index contributed by atoms with van der Waals surface area (Å²) in [6, 6.07) is 22.4. The summed E-state index contributed by atoms with van der Waals surface area (Å²) in [5, 5.41) is 11.6. The van der Waals surface area contributed by atoms with Crippen molar-refractivity contribution in [3.8, 4) is 5.75 Å². The number of aryl methyl sites for hydroxylation is 1. The molecule has 2 heterocycles. The van der Waals surface area contributed by atoms with Crippen LogP contribution in [0, 0.1) is 6.92 Å². The highest BCUT2D eigenvalue weighted by Crippen LogP contribution is 2.41. The van der Waals surface area contributed by atoms with Gasteiger partial charge in [0.15, 0.2) is 0 Å². The van der Waals surface area contributed by atoms with Crippen LogP contribution in [0.2, 0.25) is 0 Å². The molecule has 2 atom stereocenters. The summed E-state index contributed by atoms with van der Waals surface area (Å²) in [5.74, 6) is -0.790. The SMILES string of the molecule is CCN(CC)c1ccc(C2/C(=C(/O)c3ccc(OCc4ccccc4)c(C)c3)C(=O)C(=O)N2CC2CCCO2)cc1. The Morgan fingerprint density at radius 1 is 1.02 bits per heavy atom. The molecule has 2 saturated heterocycles. The Kier molecular flexibility index (Phi) is 8.74. The van der Waals surface area contributed by atoms with Crippen molar-refractivity contribution < 1.29 is 24.2 Å². The van der Waals surface area contributed by atoms with E-state index >= 15 is 0 Å². The second-order valence-electron chi connectivity index (χ2n) is 10.6. The molecule has 0 bridgehead atoms. The van der Waals surface area contributed by atoms with Crippen LogP contribution in [0.1, 0.15) is 55.0 Å². The quantitative estimate of drug-likeness (QED) is 0.188. The zero-order chi connectivity index (χ0) is 28.9. The third-order valence-corrected chi connectivity index (χ3v) is 7.99. The largest absolute Gasteiger partial charge is 0.507 e. The minimum absolute atomic E-state index is 0.0981. The molecule has 0 radical (unpaired) electrons. The lowest BCUT2D eigenvalue weighted by Gasteiger charge is -2.28. The number of benzene rings is 3. The van der Waals surface area contributed by atoms with Gasteiger partial charge in [0.05, 0.1) is 17.7 Å². The van der Waals surface area contributed by atoms with E-state index < -0.39 is 17.7 Å². The molecule has 214 valence electrons. The van der Waals surface area contributed by atoms with Crippen LogP contribution in [0.4, 0.5) is 5.69 Å². The molecule has 1 N–H and O–H groups in total. The number of likely N-dealkylation sites (tertiary alicyclic amines) is 1. The molecule has 0 saturated carbocycles. The number of nitrogens with zero attached hydrogens (tertiary/aromatic N) is 2. The third-order valence-electron chi connectivity index (χ3n) is 7.99. The topological polar surface area (TPSA) is 79.3 Å². The van der Waals surface area contributed by atoms with Gasteiger partial charge in [-0.05, 0) is 80.6 Å². The van der Waals surface area contributed by atoms with Gasteiger partial charge in [0.1, 0.15) is 18.1 Å². The van der Waals surface area contributed by atoms with Crippen LogP contribution in [-0.2, 0) is 20.9 Å². The number of aliphatic hydroxyl groups is 1. The summed E-state index contributed by atoms with van der Waals surface area (Å²) in [5.41, 5.74) is 4.28. The van der Waals surface area contributed by atoms with E-state index in [1.807, 2.05) is 61.5 Å². The van der Waals surface area contributed by atoms with Crippen LogP contribution in [0.25, 0.3) is 5.76 Å². The van der Waals surface area contributed by atoms with Gasteiger partial charge in [0.25, 0.3) is 11.7 Å². The van der Waals surface area contributed by atoms with Crippen molar-refractivity contribution in [2.45, 2.75) is 52.4 Å². The van der Waals surface area contributed by atoms with Gasteiger partial charge in [-0.1, -0.05) is 42.5 Å². The summed E-state index contributed by atoms with van der Waals surface area (Å²) in [6.07, 6.45) is 1.63. The Morgan fingerprint density at radius 2 is 1.76 bits per heavy atom. The van der Waals surface area contributed by atoms with E-state index in [0.29, 0.717) is 31.1 Å². The van der Waals surface area contributed by atoms with Crippen molar-refractivity contribution in [1.82, 2.24) is 4.90 Å². The molecule has 2 unspecified atom stereocenters. The third kappa shape index (κ3) is 6.00. The molecular formula is C34H38N2O5. The van der Waals surface area contributed by atoms with Gasteiger partial charge in [-0.15, -0.1) is 0 Å². The fraction of sp³-hybridized carbons (Fsp3) is 0.353. The lowest BCUT2D eigenvalue weighted by atomic mass is 9.94. The molecule has 5 rings (SSSR count). The van der Waals surface area contributed by atoms with Crippen molar-refractivity contribution in [2.75, 3.05) is 31.1 Å². The van der Waals surface area contributed by atoms with Gasteiger partial charge < -0.3 is 24.4 Å². The van der Waals surface area contributed by atoms with Crippen molar-refractivity contribution in [3.63, 3.8) is 0 Å². The van der Waals surface area contributed by atoms with Crippen molar-refractivity contribution in [2.24, 2.45) is 0 Å². The minimum atomic E-state index is -0.709. The van der Waals surface area contributed by atoms with E-state index in [2.05, 4.69) is 18.7 Å². The summed E-state index contributed by atoms with van der Waals surface area (Å²) in [7, 11) is 0. The maximum atomic E-state index is 13.5. The Labute approximate surface area is 242 Å². The summed E-state index contributed by atoms with van der Waals surface area (Å²) >= 11 is 0. The predicted molar refractivity (Wildman–Crippen MR) is 160 cm³/mol. The molecule has 2 aliphatic heterocycles. The van der Waals surface area contributed by atoms with Crippen molar-refractivity contribution in [3.05, 3.63) is 101 Å². The molecule has 41 heavy (non-hydrogen) atoms. The van der Waals surface area contributed by atoms with Gasteiger partial charge >= 0.3 is 0 Å². The number of hydrogen-bond donors (Lipinski definition) is 1. The van der Waals surface area contributed by atoms with Crippen LogP contribution in [0.5, 0.6) is 5.75 Å². The normalized spacial score (nSPS) is 20.0. The van der Waals surface area contributed by atoms with E-state index in [4.69, 9.17) is 9.47 Å². The van der Waals surface area contributed by atoms with Crippen LogP contribution >= 0.6 is 0 Å². The number of Topliss-reactive ketones (excluding diaryl/α,β-unsaturated/α-hetero) is 1. The van der Waals surface area contributed by atoms with Crippen LogP contribution in [0.3, 0.4) is 0 Å². The zero-order valence-electron chi connectivity index (χ0n) is 24.0. The number of amides is 1. The van der Waals surface area contributed by atoms with Crippen LogP contribution in [-0.4, -0.2) is 54.0 Å². The Balaban J connectivity index is 1.49. The predicted octanol–water partition coefficient (Wildman–Crippen LogP) is 6.02. The molecule has 7 nitrogen and oxygen atoms in total. The Bertz CT molecular complexity index is 1410. The molecular weight excluding hydrogens is 516 g/mol. The zero-order valence-corrected chi connectivity index (χ0v) is 24.0. The average molecular weight is 555 g/mol. The summed E-state index contributed by atoms with van der Waals surface area (Å²) in [6.45, 7) is 9.23. The van der Waals surface area contributed by atoms with Gasteiger partial charge in [0, 0.05) is 37.5 Å². The summed E-state index contributed by atoms with van der Waals surface area (Å²) < 4.78 is 11.8. The fourth-order valence-corrected chi connectivity index (χ4v) is 5.73. The first-order valence-electron chi connectivity index (χ1n) is 14.4. The van der Waals surface area contributed by atoms with E-state index in [9.17, 15) is 14.7 Å². The average Bonchev–Trinajstić information content (AvgIpc) is 3.60. The van der Waals surface area contributed by atoms with Crippen molar-refractivity contribution in [1.29, 1.82) is 0 Å². The standard InChI is InChI=1S/C34H38N2O5/c1-4-35(5-2)27-16-13-25(14-17-27)31-30(33(38)34(39)36(31)21-28-12-9-19-40-28)32(37)26-15-18-29(23(3)20-26)41-22-24-10-7-6-8-11-24/h6-8,10-11,13-18,20,28,31,37H,4-5,9,12,19,21-22H2,1-3H3/b32-30-. The highest BCUT2D eigenvalue weighted by Gasteiger charge is 2.47. The van der Waals surface area contributed by atoms with E-state index in [1.54, 1.807) is 23.1 Å². The first kappa shape index (κ1) is 28.4. The summed E-state index contributed by atoms with van der Waals surface area (Å²) in [4.78, 5) is 30.7. The van der Waals surface area contributed by atoms with Gasteiger partial charge in [-0.25, -0.2) is 0 Å². The maximum absolute atomic E-state index is 13.5. The van der Waals surface area contributed by atoms with Gasteiger partial charge in [-0.3, -0.25) is 9.59 Å². The number of ether oxygens (including phenoxy) is 2. The second kappa shape index (κ2) is 12.6. The number of aliphatic hydroxyl groups excluding tert-OH is 1.